The van der Waals surface area contributed by atoms with Gasteiger partial charge < -0.3 is 4.40 Å². The van der Waals surface area contributed by atoms with Crippen molar-refractivity contribution in [3.8, 4) is 22.4 Å². The summed E-state index contributed by atoms with van der Waals surface area (Å²) in [6.45, 7) is 0. The van der Waals surface area contributed by atoms with Crippen molar-refractivity contribution < 1.29 is 0 Å². The Morgan fingerprint density at radius 3 is 2.13 bits per heavy atom. The SMILES string of the molecule is c1ccc(-c2ccc3c(c2)c2c4c(cc5c6cc(-c7ccccn7)ccc6n3c52)sc2ccccc24)cc1. The van der Waals surface area contributed by atoms with Gasteiger partial charge in [-0.25, -0.2) is 0 Å². The number of hydrogen-bond acceptors (Lipinski definition) is 2. The summed E-state index contributed by atoms with van der Waals surface area (Å²) in [6.07, 6.45) is 1.87. The number of hydrogen-bond donors (Lipinski definition) is 0. The Labute approximate surface area is 222 Å². The summed E-state index contributed by atoms with van der Waals surface area (Å²) in [6, 6.07) is 41.8. The molecule has 9 aromatic rings. The lowest BCUT2D eigenvalue weighted by Gasteiger charge is -2.05. The van der Waals surface area contributed by atoms with Crippen LogP contribution in [0.15, 0.2) is 121 Å². The molecule has 0 radical (unpaired) electrons. The van der Waals surface area contributed by atoms with Crippen LogP contribution in [0.3, 0.4) is 0 Å². The summed E-state index contributed by atoms with van der Waals surface area (Å²) in [5, 5.41) is 7.98. The van der Waals surface area contributed by atoms with Crippen molar-refractivity contribution in [1.29, 1.82) is 0 Å². The van der Waals surface area contributed by atoms with Gasteiger partial charge in [-0.2, -0.15) is 0 Å². The first-order chi connectivity index (χ1) is 18.8. The van der Waals surface area contributed by atoms with Gasteiger partial charge in [0, 0.05) is 53.5 Å². The smallest absolute Gasteiger partial charge is 0.0702 e. The Kier molecular flexibility index (Phi) is 3.96. The molecule has 0 fully saturated rings. The van der Waals surface area contributed by atoms with Crippen LogP contribution < -0.4 is 0 Å². The Morgan fingerprint density at radius 1 is 0.500 bits per heavy atom. The lowest BCUT2D eigenvalue weighted by atomic mass is 9.98. The molecule has 0 spiro atoms. The van der Waals surface area contributed by atoms with Gasteiger partial charge in [0.1, 0.15) is 0 Å². The molecule has 0 aliphatic heterocycles. The van der Waals surface area contributed by atoms with Gasteiger partial charge in [-0.05, 0) is 59.7 Å². The first-order valence-corrected chi connectivity index (χ1v) is 13.7. The van der Waals surface area contributed by atoms with Crippen LogP contribution in [-0.4, -0.2) is 9.38 Å². The molecule has 38 heavy (non-hydrogen) atoms. The number of fused-ring (bicyclic) bond motifs is 10. The second-order valence-corrected chi connectivity index (χ2v) is 11.1. The van der Waals surface area contributed by atoms with Gasteiger partial charge in [-0.1, -0.05) is 66.7 Å². The van der Waals surface area contributed by atoms with E-state index in [0.717, 1.165) is 11.3 Å². The molecule has 0 bridgehead atoms. The fraction of sp³-hybridized carbons (Fsp3) is 0. The molecule has 0 unspecified atom stereocenters. The van der Waals surface area contributed by atoms with E-state index in [-0.39, 0.29) is 0 Å². The van der Waals surface area contributed by atoms with Crippen molar-refractivity contribution in [2.75, 3.05) is 0 Å². The third-order valence-corrected chi connectivity index (χ3v) is 9.08. The zero-order valence-corrected chi connectivity index (χ0v) is 21.2. The van der Waals surface area contributed by atoms with Crippen molar-refractivity contribution in [1.82, 2.24) is 9.38 Å². The first kappa shape index (κ1) is 20.3. The van der Waals surface area contributed by atoms with Gasteiger partial charge in [0.15, 0.2) is 0 Å². The Balaban J connectivity index is 1.50. The summed E-state index contributed by atoms with van der Waals surface area (Å²) >= 11 is 1.90. The van der Waals surface area contributed by atoms with E-state index < -0.39 is 0 Å². The average molecular weight is 501 g/mol. The van der Waals surface area contributed by atoms with E-state index in [1.54, 1.807) is 0 Å². The van der Waals surface area contributed by atoms with Crippen LogP contribution in [0.25, 0.3) is 80.7 Å². The van der Waals surface area contributed by atoms with Gasteiger partial charge in [0.25, 0.3) is 0 Å². The summed E-state index contributed by atoms with van der Waals surface area (Å²) in [4.78, 5) is 4.62. The minimum atomic E-state index is 1.00. The predicted molar refractivity (Wildman–Crippen MR) is 163 cm³/mol. The van der Waals surface area contributed by atoms with Gasteiger partial charge in [0.05, 0.1) is 22.2 Å². The van der Waals surface area contributed by atoms with Crippen LogP contribution in [0, 0.1) is 0 Å². The predicted octanol–water partition coefficient (Wildman–Crippen LogP) is 9.93. The van der Waals surface area contributed by atoms with E-state index >= 15 is 0 Å². The van der Waals surface area contributed by atoms with Gasteiger partial charge in [0.2, 0.25) is 0 Å². The highest BCUT2D eigenvalue weighted by atomic mass is 32.1. The monoisotopic (exact) mass is 500 g/mol. The molecule has 3 heteroatoms. The zero-order valence-electron chi connectivity index (χ0n) is 20.3. The number of aromatic nitrogens is 2. The average Bonchev–Trinajstić information content (AvgIpc) is 3.63. The molecule has 4 heterocycles. The van der Waals surface area contributed by atoms with Crippen molar-refractivity contribution in [2.24, 2.45) is 0 Å². The van der Waals surface area contributed by atoms with Gasteiger partial charge in [-0.15, -0.1) is 11.3 Å². The van der Waals surface area contributed by atoms with Crippen molar-refractivity contribution in [3.63, 3.8) is 0 Å². The number of rotatable bonds is 2. The molecular formula is C35H20N2S. The highest BCUT2D eigenvalue weighted by Crippen LogP contribution is 2.48. The van der Waals surface area contributed by atoms with Crippen LogP contribution in [0.5, 0.6) is 0 Å². The first-order valence-electron chi connectivity index (χ1n) is 12.9. The molecule has 0 saturated heterocycles. The fourth-order valence-electron chi connectivity index (χ4n) is 6.33. The molecule has 176 valence electrons. The number of thiophene rings is 1. The van der Waals surface area contributed by atoms with Crippen LogP contribution >= 0.6 is 11.3 Å². The zero-order chi connectivity index (χ0) is 24.8. The van der Waals surface area contributed by atoms with E-state index in [1.807, 2.05) is 23.6 Å². The molecule has 4 aromatic heterocycles. The minimum Gasteiger partial charge on any atom is -0.308 e. The Hall–Kier alpha value is -4.73. The van der Waals surface area contributed by atoms with Crippen LogP contribution in [-0.2, 0) is 0 Å². The molecule has 2 nitrogen and oxygen atoms in total. The van der Waals surface area contributed by atoms with E-state index in [4.69, 9.17) is 0 Å². The van der Waals surface area contributed by atoms with Crippen molar-refractivity contribution in [2.45, 2.75) is 0 Å². The minimum absolute atomic E-state index is 1.00. The molecule has 5 aromatic carbocycles. The molecule has 0 saturated carbocycles. The van der Waals surface area contributed by atoms with E-state index in [9.17, 15) is 0 Å². The fourth-order valence-corrected chi connectivity index (χ4v) is 7.48. The second kappa shape index (κ2) is 7.41. The summed E-state index contributed by atoms with van der Waals surface area (Å²) in [5.74, 6) is 0. The van der Waals surface area contributed by atoms with Crippen LogP contribution in [0.4, 0.5) is 0 Å². The van der Waals surface area contributed by atoms with E-state index in [0.29, 0.717) is 0 Å². The molecule has 9 rings (SSSR count). The lowest BCUT2D eigenvalue weighted by molar-refractivity contribution is 1.33. The van der Waals surface area contributed by atoms with Crippen LogP contribution in [0.2, 0.25) is 0 Å². The van der Waals surface area contributed by atoms with Gasteiger partial charge >= 0.3 is 0 Å². The maximum absolute atomic E-state index is 4.62. The molecule has 0 aliphatic carbocycles. The highest BCUT2D eigenvalue weighted by Gasteiger charge is 2.22. The summed E-state index contributed by atoms with van der Waals surface area (Å²) in [5.41, 5.74) is 8.47. The number of pyridine rings is 1. The molecule has 0 amide bonds. The second-order valence-electron chi connectivity index (χ2n) is 10.00. The third kappa shape index (κ3) is 2.64. The number of benzene rings is 5. The largest absolute Gasteiger partial charge is 0.308 e. The molecule has 0 aliphatic rings. The van der Waals surface area contributed by atoms with E-state index in [1.165, 1.54) is 69.4 Å². The molecule has 0 N–H and O–H groups in total. The maximum Gasteiger partial charge on any atom is 0.0702 e. The highest BCUT2D eigenvalue weighted by molar-refractivity contribution is 7.26. The third-order valence-electron chi connectivity index (χ3n) is 7.97. The molecule has 0 atom stereocenters. The topological polar surface area (TPSA) is 17.3 Å². The van der Waals surface area contributed by atoms with E-state index in [2.05, 4.69) is 119 Å². The quantitative estimate of drug-likeness (QED) is 0.231. The summed E-state index contributed by atoms with van der Waals surface area (Å²) in [7, 11) is 0. The normalized spacial score (nSPS) is 12.2. The summed E-state index contributed by atoms with van der Waals surface area (Å²) < 4.78 is 5.16. The number of nitrogens with zero attached hydrogens (tertiary/aromatic N) is 2. The lowest BCUT2D eigenvalue weighted by Crippen LogP contribution is -1.84. The maximum atomic E-state index is 4.62. The van der Waals surface area contributed by atoms with Gasteiger partial charge in [-0.3, -0.25) is 4.98 Å². The van der Waals surface area contributed by atoms with Crippen molar-refractivity contribution >= 4 is 69.6 Å². The van der Waals surface area contributed by atoms with Crippen LogP contribution in [0.1, 0.15) is 0 Å². The standard InChI is InChI=1S/C35H20N2S/c1-2-8-21(9-3-1)22-13-15-30-27(18-22)34-33-24-10-4-5-12-31(24)38-32(33)20-26-25-19-23(28-11-6-7-17-36-28)14-16-29(25)37(30)35(26)34/h1-20H. The Bertz CT molecular complexity index is 2330. The Morgan fingerprint density at radius 2 is 1.26 bits per heavy atom. The molecular weight excluding hydrogens is 480 g/mol. The van der Waals surface area contributed by atoms with Crippen molar-refractivity contribution in [3.05, 3.63) is 121 Å².